The number of benzene rings is 1. The zero-order valence-corrected chi connectivity index (χ0v) is 15.5. The van der Waals surface area contributed by atoms with Crippen LogP contribution in [-0.4, -0.2) is 65.1 Å². The number of hydroxylamine groups is 2. The van der Waals surface area contributed by atoms with E-state index in [0.717, 1.165) is 18.5 Å². The Hall–Kier alpha value is -2.68. The fourth-order valence-electron chi connectivity index (χ4n) is 3.24. The number of hydrogen-bond acceptors (Lipinski definition) is 6. The van der Waals surface area contributed by atoms with E-state index < -0.39 is 10.8 Å². The van der Waals surface area contributed by atoms with E-state index in [1.807, 2.05) is 6.92 Å². The highest BCUT2D eigenvalue weighted by molar-refractivity contribution is 5.79. The Balaban J connectivity index is 1.94. The highest BCUT2D eigenvalue weighted by atomic mass is 16.6. The quantitative estimate of drug-likeness (QED) is 0.304. The maximum atomic E-state index is 12.8. The molecule has 0 bridgehead atoms. The van der Waals surface area contributed by atoms with Gasteiger partial charge < -0.3 is 9.80 Å². The van der Waals surface area contributed by atoms with E-state index in [1.54, 1.807) is 17.0 Å². The van der Waals surface area contributed by atoms with E-state index >= 15 is 0 Å². The second-order valence-corrected chi connectivity index (χ2v) is 6.65. The third-order valence-electron chi connectivity index (χ3n) is 4.80. The summed E-state index contributed by atoms with van der Waals surface area (Å²) in [5, 5.41) is 20.7. The first-order valence-corrected chi connectivity index (χ1v) is 9.15. The molecule has 2 rings (SSSR count). The molecule has 1 aromatic carbocycles. The standard InChI is InChI=1S/C18H26N4O5/c1-2-3-4-15(13-21(25)14-23)18(24)20-11-9-19(10-12-20)16-5-7-17(8-6-16)22(26)27/h5-8,14-15,25H,2-4,9-13H2,1H3. The Bertz CT molecular complexity index is 644. The second-order valence-electron chi connectivity index (χ2n) is 6.65. The minimum Gasteiger partial charge on any atom is -0.368 e. The molecule has 27 heavy (non-hydrogen) atoms. The first-order chi connectivity index (χ1) is 13.0. The summed E-state index contributed by atoms with van der Waals surface area (Å²) in [4.78, 5) is 37.6. The van der Waals surface area contributed by atoms with Crippen LogP contribution in [0.5, 0.6) is 0 Å². The van der Waals surface area contributed by atoms with Crippen LogP contribution >= 0.6 is 0 Å². The number of non-ortho nitro benzene ring substituents is 1. The molecule has 1 fully saturated rings. The SMILES string of the molecule is CCCCC(CN(O)C=O)C(=O)N1CCN(c2ccc([N+](=O)[O-])cc2)CC1. The molecule has 0 aliphatic carbocycles. The number of nitro benzene ring substituents is 1. The molecule has 9 nitrogen and oxygen atoms in total. The average Bonchev–Trinajstić information content (AvgIpc) is 2.70. The van der Waals surface area contributed by atoms with Crippen LogP contribution in [0.15, 0.2) is 24.3 Å². The molecule has 0 aromatic heterocycles. The Labute approximate surface area is 158 Å². The van der Waals surface area contributed by atoms with Crippen molar-refractivity contribution in [1.82, 2.24) is 9.96 Å². The van der Waals surface area contributed by atoms with Crippen molar-refractivity contribution in [2.75, 3.05) is 37.6 Å². The summed E-state index contributed by atoms with van der Waals surface area (Å²) in [5.74, 6) is -0.459. The van der Waals surface area contributed by atoms with Gasteiger partial charge in [-0.15, -0.1) is 0 Å². The molecule has 1 heterocycles. The summed E-state index contributed by atoms with van der Waals surface area (Å²) < 4.78 is 0. The summed E-state index contributed by atoms with van der Waals surface area (Å²) in [7, 11) is 0. The van der Waals surface area contributed by atoms with Gasteiger partial charge in [0.25, 0.3) is 5.69 Å². The number of carbonyl (C=O) groups excluding carboxylic acids is 2. The van der Waals surface area contributed by atoms with Crippen LogP contribution in [-0.2, 0) is 9.59 Å². The third-order valence-corrected chi connectivity index (χ3v) is 4.80. The van der Waals surface area contributed by atoms with Crippen LogP contribution < -0.4 is 4.90 Å². The number of carbonyl (C=O) groups is 2. The minimum atomic E-state index is -0.430. The number of amides is 2. The monoisotopic (exact) mass is 378 g/mol. The molecule has 0 saturated carbocycles. The number of hydrogen-bond donors (Lipinski definition) is 1. The zero-order chi connectivity index (χ0) is 19.8. The zero-order valence-electron chi connectivity index (χ0n) is 15.5. The molecule has 1 aliphatic heterocycles. The smallest absolute Gasteiger partial charge is 0.269 e. The number of piperazine rings is 1. The van der Waals surface area contributed by atoms with Crippen molar-refractivity contribution in [3.63, 3.8) is 0 Å². The van der Waals surface area contributed by atoms with Crippen molar-refractivity contribution in [2.24, 2.45) is 5.92 Å². The largest absolute Gasteiger partial charge is 0.368 e. The van der Waals surface area contributed by atoms with Crippen molar-refractivity contribution < 1.29 is 19.7 Å². The van der Waals surface area contributed by atoms with Gasteiger partial charge in [0.1, 0.15) is 0 Å². The summed E-state index contributed by atoms with van der Waals surface area (Å²) in [5.41, 5.74) is 0.938. The van der Waals surface area contributed by atoms with Gasteiger partial charge in [-0.2, -0.15) is 0 Å². The number of unbranched alkanes of at least 4 members (excludes halogenated alkanes) is 1. The minimum absolute atomic E-state index is 0.00486. The van der Waals surface area contributed by atoms with Gasteiger partial charge in [0.2, 0.25) is 12.3 Å². The van der Waals surface area contributed by atoms with Gasteiger partial charge >= 0.3 is 0 Å². The Morgan fingerprint density at radius 1 is 1.30 bits per heavy atom. The van der Waals surface area contributed by atoms with Crippen molar-refractivity contribution in [1.29, 1.82) is 0 Å². The van der Waals surface area contributed by atoms with Crippen LogP contribution in [0.1, 0.15) is 26.2 Å². The number of nitro groups is 1. The first-order valence-electron chi connectivity index (χ1n) is 9.15. The van der Waals surface area contributed by atoms with Gasteiger partial charge in [0.15, 0.2) is 0 Å². The molecular formula is C18H26N4O5. The molecule has 2 amide bonds. The molecule has 1 unspecified atom stereocenters. The van der Waals surface area contributed by atoms with Gasteiger partial charge in [-0.1, -0.05) is 19.8 Å². The molecule has 0 spiro atoms. The van der Waals surface area contributed by atoms with Gasteiger partial charge in [0, 0.05) is 44.0 Å². The highest BCUT2D eigenvalue weighted by Crippen LogP contribution is 2.22. The van der Waals surface area contributed by atoms with Crippen LogP contribution in [0.2, 0.25) is 0 Å². The molecule has 1 aliphatic rings. The van der Waals surface area contributed by atoms with E-state index in [9.17, 15) is 24.9 Å². The molecule has 1 N–H and O–H groups in total. The lowest BCUT2D eigenvalue weighted by atomic mass is 10.00. The Kier molecular flexibility index (Phi) is 7.54. The molecule has 0 radical (unpaired) electrons. The normalized spacial score (nSPS) is 15.3. The summed E-state index contributed by atoms with van der Waals surface area (Å²) >= 11 is 0. The Morgan fingerprint density at radius 2 is 1.93 bits per heavy atom. The summed E-state index contributed by atoms with van der Waals surface area (Å²) in [6.45, 7) is 4.35. The van der Waals surface area contributed by atoms with Gasteiger partial charge in [-0.05, 0) is 18.6 Å². The average molecular weight is 378 g/mol. The Morgan fingerprint density at radius 3 is 2.44 bits per heavy atom. The third kappa shape index (κ3) is 5.65. The molecule has 1 saturated heterocycles. The van der Waals surface area contributed by atoms with Crippen LogP contribution in [0.4, 0.5) is 11.4 Å². The van der Waals surface area contributed by atoms with E-state index in [0.29, 0.717) is 44.1 Å². The lowest BCUT2D eigenvalue weighted by Crippen LogP contribution is -2.51. The predicted molar refractivity (Wildman–Crippen MR) is 99.5 cm³/mol. The molecule has 1 aromatic rings. The molecule has 9 heteroatoms. The summed E-state index contributed by atoms with van der Waals surface area (Å²) in [6.07, 6.45) is 2.73. The first kappa shape index (κ1) is 20.6. The highest BCUT2D eigenvalue weighted by Gasteiger charge is 2.28. The molecule has 1 atom stereocenters. The number of anilines is 1. The number of nitrogens with zero attached hydrogens (tertiary/aromatic N) is 4. The lowest BCUT2D eigenvalue weighted by molar-refractivity contribution is -0.384. The van der Waals surface area contributed by atoms with Crippen molar-refractivity contribution >= 4 is 23.7 Å². The molecular weight excluding hydrogens is 352 g/mol. The second kappa shape index (κ2) is 9.86. The molecule has 148 valence electrons. The maximum absolute atomic E-state index is 12.8. The predicted octanol–water partition coefficient (Wildman–Crippen LogP) is 1.90. The van der Waals surface area contributed by atoms with Crippen molar-refractivity contribution in [2.45, 2.75) is 26.2 Å². The van der Waals surface area contributed by atoms with E-state index in [-0.39, 0.29) is 18.1 Å². The van der Waals surface area contributed by atoms with Crippen molar-refractivity contribution in [3.05, 3.63) is 34.4 Å². The maximum Gasteiger partial charge on any atom is 0.269 e. The van der Waals surface area contributed by atoms with Crippen LogP contribution in [0, 0.1) is 16.0 Å². The van der Waals surface area contributed by atoms with Crippen LogP contribution in [0.3, 0.4) is 0 Å². The summed E-state index contributed by atoms with van der Waals surface area (Å²) in [6, 6.07) is 6.38. The van der Waals surface area contributed by atoms with Gasteiger partial charge in [0.05, 0.1) is 17.4 Å². The number of rotatable bonds is 9. The topological polar surface area (TPSA) is 107 Å². The van der Waals surface area contributed by atoms with E-state index in [2.05, 4.69) is 4.90 Å². The lowest BCUT2D eigenvalue weighted by Gasteiger charge is -2.37. The van der Waals surface area contributed by atoms with E-state index in [4.69, 9.17) is 0 Å². The van der Waals surface area contributed by atoms with Gasteiger partial charge in [-0.25, -0.2) is 5.06 Å². The van der Waals surface area contributed by atoms with Crippen molar-refractivity contribution in [3.8, 4) is 0 Å². The van der Waals surface area contributed by atoms with Gasteiger partial charge in [-0.3, -0.25) is 24.9 Å². The fourth-order valence-corrected chi connectivity index (χ4v) is 3.24. The van der Waals surface area contributed by atoms with Crippen LogP contribution in [0.25, 0.3) is 0 Å². The fraction of sp³-hybridized carbons (Fsp3) is 0.556. The van der Waals surface area contributed by atoms with E-state index in [1.165, 1.54) is 12.1 Å².